The number of likely N-dealkylation sites (tertiary alicyclic amines) is 1. The highest BCUT2D eigenvalue weighted by molar-refractivity contribution is 5.96. The molecule has 3 aromatic rings. The van der Waals surface area contributed by atoms with Crippen LogP contribution in [0.2, 0.25) is 0 Å². The average molecular weight is 332 g/mol. The number of hydrogen-bond donors (Lipinski definition) is 1. The predicted octanol–water partition coefficient (Wildman–Crippen LogP) is 3.41. The number of fused-ring (bicyclic) bond motifs is 1. The van der Waals surface area contributed by atoms with E-state index in [0.29, 0.717) is 5.82 Å². The van der Waals surface area contributed by atoms with Crippen LogP contribution in [0.3, 0.4) is 0 Å². The minimum atomic E-state index is -0.329. The fourth-order valence-electron chi connectivity index (χ4n) is 3.41. The van der Waals surface area contributed by atoms with Crippen molar-refractivity contribution in [1.82, 2.24) is 14.9 Å². The summed E-state index contributed by atoms with van der Waals surface area (Å²) < 4.78 is 0. The number of rotatable bonds is 4. The summed E-state index contributed by atoms with van der Waals surface area (Å²) in [4.78, 5) is 23.8. The Balaban J connectivity index is 1.61. The summed E-state index contributed by atoms with van der Waals surface area (Å²) in [6, 6.07) is 13.4. The van der Waals surface area contributed by atoms with Gasteiger partial charge in [-0.1, -0.05) is 30.3 Å². The summed E-state index contributed by atoms with van der Waals surface area (Å²) in [7, 11) is 0. The van der Waals surface area contributed by atoms with Gasteiger partial charge in [0.05, 0.1) is 0 Å². The first-order valence-electron chi connectivity index (χ1n) is 8.61. The zero-order valence-corrected chi connectivity index (χ0v) is 13.9. The van der Waals surface area contributed by atoms with E-state index in [1.165, 1.54) is 0 Å². The number of aromatic nitrogens is 2. The molecule has 0 radical (unpaired) electrons. The molecule has 5 nitrogen and oxygen atoms in total. The molecule has 1 unspecified atom stereocenters. The van der Waals surface area contributed by atoms with Gasteiger partial charge in [0.25, 0.3) is 0 Å². The molecule has 126 valence electrons. The Bertz CT molecular complexity index is 875. The Kier molecular flexibility index (Phi) is 4.39. The maximum absolute atomic E-state index is 13.0. The molecule has 0 saturated carbocycles. The minimum absolute atomic E-state index is 0.0577. The van der Waals surface area contributed by atoms with Crippen molar-refractivity contribution in [2.75, 3.05) is 18.4 Å². The maximum Gasteiger partial charge on any atom is 0.247 e. The molecule has 2 aromatic heterocycles. The van der Waals surface area contributed by atoms with Crippen LogP contribution >= 0.6 is 0 Å². The predicted molar refractivity (Wildman–Crippen MR) is 98.2 cm³/mol. The van der Waals surface area contributed by atoms with E-state index in [4.69, 9.17) is 0 Å². The molecule has 0 aliphatic carbocycles. The van der Waals surface area contributed by atoms with Gasteiger partial charge in [0.2, 0.25) is 5.91 Å². The highest BCUT2D eigenvalue weighted by Gasteiger charge is 2.30. The van der Waals surface area contributed by atoms with Crippen LogP contribution in [0.4, 0.5) is 5.82 Å². The lowest BCUT2D eigenvalue weighted by Crippen LogP contribution is -2.35. The highest BCUT2D eigenvalue weighted by Crippen LogP contribution is 2.26. The molecule has 4 rings (SSSR count). The third-order valence-electron chi connectivity index (χ3n) is 4.64. The van der Waals surface area contributed by atoms with Gasteiger partial charge in [-0.15, -0.1) is 0 Å². The minimum Gasteiger partial charge on any atom is -0.309 e. The summed E-state index contributed by atoms with van der Waals surface area (Å²) in [5.74, 6) is 0.523. The van der Waals surface area contributed by atoms with Crippen LogP contribution in [0.5, 0.6) is 0 Å². The Hall–Kier alpha value is -2.79. The number of hydrogen-bond acceptors (Lipinski definition) is 4. The van der Waals surface area contributed by atoms with Crippen LogP contribution in [0.15, 0.2) is 61.1 Å². The number of carbonyl (C=O) groups is 1. The first kappa shape index (κ1) is 15.7. The number of anilines is 1. The molecule has 0 spiro atoms. The van der Waals surface area contributed by atoms with Crippen molar-refractivity contribution in [2.24, 2.45) is 0 Å². The van der Waals surface area contributed by atoms with E-state index in [9.17, 15) is 4.79 Å². The maximum atomic E-state index is 13.0. The van der Waals surface area contributed by atoms with Crippen LogP contribution in [-0.4, -0.2) is 33.9 Å². The first-order chi connectivity index (χ1) is 12.3. The summed E-state index contributed by atoms with van der Waals surface area (Å²) in [5.41, 5.74) is 0.919. The van der Waals surface area contributed by atoms with Gasteiger partial charge in [0, 0.05) is 24.0 Å². The molecule has 1 aliphatic heterocycles. The lowest BCUT2D eigenvalue weighted by Gasteiger charge is -2.26. The topological polar surface area (TPSA) is 58.1 Å². The molecule has 1 atom stereocenters. The van der Waals surface area contributed by atoms with Gasteiger partial charge in [0.15, 0.2) is 0 Å². The molecule has 3 heterocycles. The Morgan fingerprint density at radius 1 is 1.04 bits per heavy atom. The van der Waals surface area contributed by atoms with E-state index in [0.717, 1.165) is 42.3 Å². The lowest BCUT2D eigenvalue weighted by atomic mass is 10.1. The third kappa shape index (κ3) is 3.37. The second kappa shape index (κ2) is 6.99. The van der Waals surface area contributed by atoms with Gasteiger partial charge >= 0.3 is 0 Å². The van der Waals surface area contributed by atoms with Crippen LogP contribution in [0, 0.1) is 0 Å². The number of pyridine rings is 2. The van der Waals surface area contributed by atoms with E-state index in [1.54, 1.807) is 18.6 Å². The smallest absolute Gasteiger partial charge is 0.247 e. The Morgan fingerprint density at radius 3 is 2.60 bits per heavy atom. The molecule has 5 heteroatoms. The normalized spacial score (nSPS) is 16.0. The molecule has 0 bridgehead atoms. The molecule has 1 aromatic carbocycles. The second-order valence-electron chi connectivity index (χ2n) is 6.34. The second-order valence-corrected chi connectivity index (χ2v) is 6.34. The summed E-state index contributed by atoms with van der Waals surface area (Å²) in [6.07, 6.45) is 7.54. The van der Waals surface area contributed by atoms with E-state index in [2.05, 4.69) is 20.2 Å². The van der Waals surface area contributed by atoms with E-state index in [-0.39, 0.29) is 11.9 Å². The Labute approximate surface area is 146 Å². The quantitative estimate of drug-likeness (QED) is 0.795. The monoisotopic (exact) mass is 332 g/mol. The van der Waals surface area contributed by atoms with Crippen LogP contribution < -0.4 is 5.32 Å². The van der Waals surface area contributed by atoms with Gasteiger partial charge < -0.3 is 5.32 Å². The van der Waals surface area contributed by atoms with Crippen molar-refractivity contribution in [1.29, 1.82) is 0 Å². The number of benzene rings is 1. The molecule has 25 heavy (non-hydrogen) atoms. The molecule has 1 aliphatic rings. The van der Waals surface area contributed by atoms with E-state index < -0.39 is 0 Å². The van der Waals surface area contributed by atoms with Crippen LogP contribution in [0.25, 0.3) is 10.8 Å². The van der Waals surface area contributed by atoms with Crippen molar-refractivity contribution >= 4 is 22.5 Å². The molecular weight excluding hydrogens is 312 g/mol. The first-order valence-corrected chi connectivity index (χ1v) is 8.61. The SMILES string of the molecule is O=C(Nc1cc2ccccc2cn1)C(c1cccnc1)N1CCCC1. The highest BCUT2D eigenvalue weighted by atomic mass is 16.2. The van der Waals surface area contributed by atoms with Crippen molar-refractivity contribution in [3.63, 3.8) is 0 Å². The van der Waals surface area contributed by atoms with Crippen LogP contribution in [-0.2, 0) is 4.79 Å². The van der Waals surface area contributed by atoms with Crippen molar-refractivity contribution in [3.05, 3.63) is 66.6 Å². The Morgan fingerprint density at radius 2 is 1.84 bits per heavy atom. The number of amides is 1. The summed E-state index contributed by atoms with van der Waals surface area (Å²) in [6.45, 7) is 1.86. The largest absolute Gasteiger partial charge is 0.309 e. The van der Waals surface area contributed by atoms with Crippen molar-refractivity contribution in [2.45, 2.75) is 18.9 Å². The zero-order chi connectivity index (χ0) is 17.1. The summed E-state index contributed by atoms with van der Waals surface area (Å²) >= 11 is 0. The molecule has 1 amide bonds. The molecule has 1 fully saturated rings. The number of carbonyl (C=O) groups excluding carboxylic acids is 1. The summed E-state index contributed by atoms with van der Waals surface area (Å²) in [5, 5.41) is 5.11. The number of nitrogens with zero attached hydrogens (tertiary/aromatic N) is 3. The van der Waals surface area contributed by atoms with Crippen molar-refractivity contribution in [3.8, 4) is 0 Å². The average Bonchev–Trinajstić information content (AvgIpc) is 3.17. The fraction of sp³-hybridized carbons (Fsp3) is 0.250. The van der Waals surface area contributed by atoms with Crippen molar-refractivity contribution < 1.29 is 4.79 Å². The fourth-order valence-corrected chi connectivity index (χ4v) is 3.41. The van der Waals surface area contributed by atoms with Gasteiger partial charge in [-0.25, -0.2) is 4.98 Å². The standard InChI is InChI=1S/C20H20N4O/c25-20(23-18-12-15-6-1-2-7-16(15)14-22-18)19(24-10-3-4-11-24)17-8-5-9-21-13-17/h1-2,5-9,12-14,19H,3-4,10-11H2,(H,22,23,25). The van der Waals surface area contributed by atoms with E-state index in [1.807, 2.05) is 42.5 Å². The molecule has 1 N–H and O–H groups in total. The third-order valence-corrected chi connectivity index (χ3v) is 4.64. The molecular formula is C20H20N4O. The zero-order valence-electron chi connectivity index (χ0n) is 13.9. The van der Waals surface area contributed by atoms with Gasteiger partial charge in [-0.2, -0.15) is 0 Å². The van der Waals surface area contributed by atoms with Gasteiger partial charge in [-0.3, -0.25) is 14.7 Å². The lowest BCUT2D eigenvalue weighted by molar-refractivity contribution is -0.121. The molecule has 1 saturated heterocycles. The van der Waals surface area contributed by atoms with Gasteiger partial charge in [-0.05, 0) is 49.0 Å². The number of nitrogens with one attached hydrogen (secondary N) is 1. The van der Waals surface area contributed by atoms with Crippen LogP contribution in [0.1, 0.15) is 24.4 Å². The van der Waals surface area contributed by atoms with E-state index >= 15 is 0 Å². The van der Waals surface area contributed by atoms with Gasteiger partial charge in [0.1, 0.15) is 11.9 Å².